The summed E-state index contributed by atoms with van der Waals surface area (Å²) in [6.07, 6.45) is 0. The zero-order valence-corrected chi connectivity index (χ0v) is 14.3. The predicted octanol–water partition coefficient (Wildman–Crippen LogP) is 3.79. The molecule has 0 aromatic heterocycles. The summed E-state index contributed by atoms with van der Waals surface area (Å²) in [6.45, 7) is 2.98. The van der Waals surface area contributed by atoms with Crippen molar-refractivity contribution in [2.75, 3.05) is 36.5 Å². The van der Waals surface area contributed by atoms with Gasteiger partial charge < -0.3 is 20.1 Å². The molecule has 1 aliphatic heterocycles. The smallest absolute Gasteiger partial charge is 0.259 e. The van der Waals surface area contributed by atoms with Crippen LogP contribution in [0.1, 0.15) is 10.4 Å². The molecule has 7 heteroatoms. The maximum absolute atomic E-state index is 12.3. The van der Waals surface area contributed by atoms with Crippen molar-refractivity contribution in [3.05, 3.63) is 52.0 Å². The molecule has 0 radical (unpaired) electrons. The number of rotatable bonds is 3. The number of amides is 1. The number of aromatic hydroxyl groups is 1. The molecule has 5 nitrogen and oxygen atoms in total. The molecule has 0 spiro atoms. The second-order valence-corrected chi connectivity index (χ2v) is 6.22. The van der Waals surface area contributed by atoms with Crippen LogP contribution in [0.5, 0.6) is 5.75 Å². The lowest BCUT2D eigenvalue weighted by atomic mass is 10.1. The molecule has 1 fully saturated rings. The first kappa shape index (κ1) is 16.9. The van der Waals surface area contributed by atoms with E-state index < -0.39 is 5.91 Å². The fraction of sp³-hybridized carbons (Fsp3) is 0.235. The average molecular weight is 367 g/mol. The molecular weight excluding hydrogens is 351 g/mol. The second-order valence-electron chi connectivity index (χ2n) is 5.38. The Kier molecular flexibility index (Phi) is 5.14. The van der Waals surface area contributed by atoms with Crippen LogP contribution >= 0.6 is 23.2 Å². The monoisotopic (exact) mass is 366 g/mol. The van der Waals surface area contributed by atoms with Crippen molar-refractivity contribution < 1.29 is 14.6 Å². The molecule has 126 valence electrons. The molecule has 0 atom stereocenters. The van der Waals surface area contributed by atoms with E-state index in [4.69, 9.17) is 27.9 Å². The van der Waals surface area contributed by atoms with E-state index in [1.807, 2.05) is 6.07 Å². The van der Waals surface area contributed by atoms with Crippen LogP contribution in [0, 0.1) is 0 Å². The van der Waals surface area contributed by atoms with Crippen LogP contribution < -0.4 is 10.2 Å². The number of benzene rings is 2. The van der Waals surface area contributed by atoms with Gasteiger partial charge in [0.05, 0.1) is 29.5 Å². The highest BCUT2D eigenvalue weighted by Crippen LogP contribution is 2.29. The largest absolute Gasteiger partial charge is 0.507 e. The number of halogens is 2. The Balaban J connectivity index is 1.77. The lowest BCUT2D eigenvalue weighted by Gasteiger charge is -2.29. The molecule has 24 heavy (non-hydrogen) atoms. The molecule has 2 aromatic rings. The summed E-state index contributed by atoms with van der Waals surface area (Å²) in [5, 5.41) is 13.3. The van der Waals surface area contributed by atoms with E-state index in [9.17, 15) is 9.90 Å². The van der Waals surface area contributed by atoms with Crippen molar-refractivity contribution in [3.63, 3.8) is 0 Å². The minimum atomic E-state index is -0.476. The van der Waals surface area contributed by atoms with Crippen molar-refractivity contribution in [2.45, 2.75) is 0 Å². The van der Waals surface area contributed by atoms with E-state index >= 15 is 0 Å². The molecule has 2 N–H and O–H groups in total. The minimum absolute atomic E-state index is 0.0934. The standard InChI is InChI=1S/C17H16Cl2N2O3/c18-11-1-4-16(22)13(9-11)17(23)20-15-3-2-12(10-14(15)19)21-5-7-24-8-6-21/h1-4,9-10,22H,5-8H2,(H,20,23). The Morgan fingerprint density at radius 1 is 1.12 bits per heavy atom. The number of hydrogen-bond acceptors (Lipinski definition) is 4. The van der Waals surface area contributed by atoms with Crippen LogP contribution in [0.15, 0.2) is 36.4 Å². The van der Waals surface area contributed by atoms with Gasteiger partial charge in [-0.3, -0.25) is 4.79 Å². The van der Waals surface area contributed by atoms with Gasteiger partial charge in [0.1, 0.15) is 5.75 Å². The number of anilines is 2. The molecule has 0 bridgehead atoms. The zero-order chi connectivity index (χ0) is 17.1. The van der Waals surface area contributed by atoms with E-state index in [1.165, 1.54) is 18.2 Å². The van der Waals surface area contributed by atoms with Crippen LogP contribution in [-0.2, 0) is 4.74 Å². The highest BCUT2D eigenvalue weighted by molar-refractivity contribution is 6.34. The summed E-state index contributed by atoms with van der Waals surface area (Å²) in [5.41, 5.74) is 1.54. The summed E-state index contributed by atoms with van der Waals surface area (Å²) in [4.78, 5) is 14.5. The fourth-order valence-electron chi connectivity index (χ4n) is 2.50. The number of ether oxygens (including phenoxy) is 1. The number of phenolic OH excluding ortho intramolecular Hbond substituents is 1. The van der Waals surface area contributed by atoms with Crippen molar-refractivity contribution in [2.24, 2.45) is 0 Å². The Labute approximate surface area is 149 Å². The SMILES string of the molecule is O=C(Nc1ccc(N2CCOCC2)cc1Cl)c1cc(Cl)ccc1O. The second kappa shape index (κ2) is 7.30. The summed E-state index contributed by atoms with van der Waals surface area (Å²) in [7, 11) is 0. The predicted molar refractivity (Wildman–Crippen MR) is 95.6 cm³/mol. The zero-order valence-electron chi connectivity index (χ0n) is 12.8. The maximum Gasteiger partial charge on any atom is 0.259 e. The molecular formula is C17H16Cl2N2O3. The lowest BCUT2D eigenvalue weighted by molar-refractivity contribution is 0.102. The summed E-state index contributed by atoms with van der Waals surface area (Å²) < 4.78 is 5.33. The first-order valence-corrected chi connectivity index (χ1v) is 8.22. The third-order valence-electron chi connectivity index (χ3n) is 3.78. The number of carbonyl (C=O) groups is 1. The number of carbonyl (C=O) groups excluding carboxylic acids is 1. The van der Waals surface area contributed by atoms with E-state index in [2.05, 4.69) is 10.2 Å². The first-order valence-electron chi connectivity index (χ1n) is 7.47. The first-order chi connectivity index (χ1) is 11.5. The van der Waals surface area contributed by atoms with Crippen molar-refractivity contribution in [1.29, 1.82) is 0 Å². The van der Waals surface area contributed by atoms with Gasteiger partial charge in [-0.25, -0.2) is 0 Å². The Hall–Kier alpha value is -1.95. The van der Waals surface area contributed by atoms with Crippen molar-refractivity contribution in [1.82, 2.24) is 0 Å². The van der Waals surface area contributed by atoms with Crippen LogP contribution in [-0.4, -0.2) is 37.3 Å². The van der Waals surface area contributed by atoms with Gasteiger partial charge in [0.15, 0.2) is 0 Å². The number of phenols is 1. The van der Waals surface area contributed by atoms with Gasteiger partial charge in [-0.15, -0.1) is 0 Å². The summed E-state index contributed by atoms with van der Waals surface area (Å²) in [6, 6.07) is 9.73. The molecule has 2 aromatic carbocycles. The van der Waals surface area contributed by atoms with Gasteiger partial charge in [-0.05, 0) is 36.4 Å². The molecule has 1 heterocycles. The van der Waals surface area contributed by atoms with Gasteiger partial charge >= 0.3 is 0 Å². The van der Waals surface area contributed by atoms with Gasteiger partial charge in [0, 0.05) is 23.8 Å². The van der Waals surface area contributed by atoms with Crippen molar-refractivity contribution in [3.8, 4) is 5.75 Å². The average Bonchev–Trinajstić information content (AvgIpc) is 2.59. The van der Waals surface area contributed by atoms with E-state index in [0.717, 1.165) is 18.8 Å². The lowest BCUT2D eigenvalue weighted by Crippen LogP contribution is -2.36. The third kappa shape index (κ3) is 3.75. The third-order valence-corrected chi connectivity index (χ3v) is 4.33. The maximum atomic E-state index is 12.3. The quantitative estimate of drug-likeness (QED) is 0.867. The normalized spacial score (nSPS) is 14.5. The number of nitrogens with one attached hydrogen (secondary N) is 1. The van der Waals surface area contributed by atoms with Crippen LogP contribution in [0.2, 0.25) is 10.0 Å². The Bertz CT molecular complexity index is 761. The van der Waals surface area contributed by atoms with Gasteiger partial charge in [0.25, 0.3) is 5.91 Å². The van der Waals surface area contributed by atoms with E-state index in [0.29, 0.717) is 28.9 Å². The highest BCUT2D eigenvalue weighted by atomic mass is 35.5. The minimum Gasteiger partial charge on any atom is -0.507 e. The molecule has 0 unspecified atom stereocenters. The van der Waals surface area contributed by atoms with Gasteiger partial charge in [-0.1, -0.05) is 23.2 Å². The molecule has 0 aliphatic carbocycles. The Morgan fingerprint density at radius 3 is 2.58 bits per heavy atom. The van der Waals surface area contributed by atoms with Crippen LogP contribution in [0.4, 0.5) is 11.4 Å². The number of morpholine rings is 1. The van der Waals surface area contributed by atoms with Crippen molar-refractivity contribution >= 4 is 40.5 Å². The van der Waals surface area contributed by atoms with E-state index in [1.54, 1.807) is 12.1 Å². The molecule has 3 rings (SSSR count). The molecule has 1 aliphatic rings. The van der Waals surface area contributed by atoms with Crippen LogP contribution in [0.25, 0.3) is 0 Å². The molecule has 1 saturated heterocycles. The molecule has 1 amide bonds. The molecule has 0 saturated carbocycles. The highest BCUT2D eigenvalue weighted by Gasteiger charge is 2.16. The number of hydrogen-bond donors (Lipinski definition) is 2. The van der Waals surface area contributed by atoms with Gasteiger partial charge in [-0.2, -0.15) is 0 Å². The Morgan fingerprint density at radius 2 is 1.88 bits per heavy atom. The fourth-order valence-corrected chi connectivity index (χ4v) is 2.90. The van der Waals surface area contributed by atoms with Crippen LogP contribution in [0.3, 0.4) is 0 Å². The topological polar surface area (TPSA) is 61.8 Å². The van der Waals surface area contributed by atoms with Gasteiger partial charge in [0.2, 0.25) is 0 Å². The summed E-state index contributed by atoms with van der Waals surface area (Å²) in [5.74, 6) is -0.617. The number of nitrogens with zero attached hydrogens (tertiary/aromatic N) is 1. The van der Waals surface area contributed by atoms with E-state index in [-0.39, 0.29) is 11.3 Å². The summed E-state index contributed by atoms with van der Waals surface area (Å²) >= 11 is 12.2.